The second kappa shape index (κ2) is 5.45. The molecule has 0 atom stereocenters. The van der Waals surface area contributed by atoms with Crippen LogP contribution in [0.4, 0.5) is 0 Å². The molecule has 0 spiro atoms. The molecule has 1 aromatic rings. The van der Waals surface area contributed by atoms with E-state index in [1.54, 1.807) is 11.3 Å². The maximum Gasteiger partial charge on any atom is 0.0794 e. The Morgan fingerprint density at radius 1 is 1.25 bits per heavy atom. The van der Waals surface area contributed by atoms with Crippen molar-refractivity contribution in [2.45, 2.75) is 51.4 Å². The molecule has 0 amide bonds. The minimum absolute atomic E-state index is 0.104. The highest BCUT2D eigenvalue weighted by atomic mass is 32.1. The summed E-state index contributed by atoms with van der Waals surface area (Å²) in [6, 6.07) is 2.60. The number of nitrogens with zero attached hydrogens (tertiary/aromatic N) is 2. The van der Waals surface area contributed by atoms with E-state index in [1.165, 1.54) is 37.0 Å². The van der Waals surface area contributed by atoms with E-state index in [2.05, 4.69) is 11.1 Å². The van der Waals surface area contributed by atoms with E-state index in [0.717, 1.165) is 19.3 Å². The fourth-order valence-corrected chi connectivity index (χ4v) is 3.31. The lowest BCUT2D eigenvalue weighted by Crippen LogP contribution is -2.22. The smallest absolute Gasteiger partial charge is 0.0794 e. The molecule has 1 aliphatic rings. The lowest BCUT2D eigenvalue weighted by Gasteiger charge is -2.27. The van der Waals surface area contributed by atoms with Gasteiger partial charge in [-0.15, -0.1) is 11.3 Å². The molecule has 2 rings (SSSR count). The normalized spacial score (nSPS) is 20.7. The number of hydrogen-bond donors (Lipinski definition) is 0. The first-order valence-corrected chi connectivity index (χ1v) is 7.01. The molecular formula is C13H18N2S. The van der Waals surface area contributed by atoms with Gasteiger partial charge in [0, 0.05) is 17.5 Å². The molecule has 1 fully saturated rings. The molecule has 3 heteroatoms. The van der Waals surface area contributed by atoms with Gasteiger partial charge in [0.2, 0.25) is 0 Å². The summed E-state index contributed by atoms with van der Waals surface area (Å²) in [4.78, 5) is 5.37. The second-order valence-corrected chi connectivity index (χ2v) is 5.78. The first-order chi connectivity index (χ1) is 7.85. The van der Waals surface area contributed by atoms with Crippen molar-refractivity contribution in [2.75, 3.05) is 0 Å². The van der Waals surface area contributed by atoms with E-state index in [1.807, 2.05) is 11.7 Å². The van der Waals surface area contributed by atoms with Crippen LogP contribution in [0.1, 0.15) is 49.8 Å². The van der Waals surface area contributed by atoms with Crippen LogP contribution in [0, 0.1) is 16.7 Å². The molecule has 1 aromatic heterocycles. The Hall–Kier alpha value is -0.880. The summed E-state index contributed by atoms with van der Waals surface area (Å²) in [5, 5.41) is 9.49. The first-order valence-electron chi connectivity index (χ1n) is 6.13. The van der Waals surface area contributed by atoms with Gasteiger partial charge in [0.25, 0.3) is 0 Å². The zero-order chi connectivity index (χ0) is 11.3. The highest BCUT2D eigenvalue weighted by Gasteiger charge is 2.30. The Morgan fingerprint density at radius 3 is 2.50 bits per heavy atom. The molecule has 16 heavy (non-hydrogen) atoms. The van der Waals surface area contributed by atoms with Crippen molar-refractivity contribution in [3.05, 3.63) is 16.6 Å². The zero-order valence-electron chi connectivity index (χ0n) is 9.61. The van der Waals surface area contributed by atoms with E-state index >= 15 is 0 Å². The Balaban J connectivity index is 2.07. The van der Waals surface area contributed by atoms with Gasteiger partial charge in [-0.2, -0.15) is 5.26 Å². The fraction of sp³-hybridized carbons (Fsp3) is 0.692. The minimum Gasteiger partial charge on any atom is -0.253 e. The van der Waals surface area contributed by atoms with Gasteiger partial charge in [-0.05, 0) is 12.8 Å². The van der Waals surface area contributed by atoms with Gasteiger partial charge in [-0.25, -0.2) is 0 Å². The Kier molecular flexibility index (Phi) is 3.95. The molecular weight excluding hydrogens is 216 g/mol. The largest absolute Gasteiger partial charge is 0.253 e. The first kappa shape index (κ1) is 11.6. The van der Waals surface area contributed by atoms with Crippen LogP contribution in [0.15, 0.2) is 11.7 Å². The van der Waals surface area contributed by atoms with Gasteiger partial charge in [-0.1, -0.05) is 32.1 Å². The van der Waals surface area contributed by atoms with Crippen LogP contribution in [-0.4, -0.2) is 4.98 Å². The highest BCUT2D eigenvalue weighted by Crippen LogP contribution is 2.37. The molecule has 1 heterocycles. The topological polar surface area (TPSA) is 36.7 Å². The minimum atomic E-state index is -0.104. The zero-order valence-corrected chi connectivity index (χ0v) is 10.4. The van der Waals surface area contributed by atoms with Gasteiger partial charge >= 0.3 is 0 Å². The van der Waals surface area contributed by atoms with E-state index in [9.17, 15) is 5.26 Å². The van der Waals surface area contributed by atoms with Crippen LogP contribution in [-0.2, 0) is 6.42 Å². The number of nitriles is 1. The van der Waals surface area contributed by atoms with Crippen LogP contribution in [0.5, 0.6) is 0 Å². The van der Waals surface area contributed by atoms with Crippen molar-refractivity contribution in [2.24, 2.45) is 5.41 Å². The molecule has 0 N–H and O–H groups in total. The molecule has 0 radical (unpaired) electrons. The molecule has 0 aromatic carbocycles. The third kappa shape index (κ3) is 2.82. The van der Waals surface area contributed by atoms with Crippen molar-refractivity contribution in [3.8, 4) is 6.07 Å². The van der Waals surface area contributed by atoms with E-state index < -0.39 is 0 Å². The van der Waals surface area contributed by atoms with Crippen LogP contribution in [0.25, 0.3) is 0 Å². The van der Waals surface area contributed by atoms with Gasteiger partial charge in [-0.3, -0.25) is 4.98 Å². The maximum atomic E-state index is 9.49. The molecule has 1 saturated carbocycles. The van der Waals surface area contributed by atoms with Crippen molar-refractivity contribution in [1.82, 2.24) is 4.98 Å². The van der Waals surface area contributed by atoms with E-state index in [-0.39, 0.29) is 5.41 Å². The summed E-state index contributed by atoms with van der Waals surface area (Å²) >= 11 is 1.68. The molecule has 1 aliphatic carbocycles. The second-order valence-electron chi connectivity index (χ2n) is 4.80. The van der Waals surface area contributed by atoms with Gasteiger partial charge in [0.15, 0.2) is 0 Å². The molecule has 0 saturated heterocycles. The summed E-state index contributed by atoms with van der Waals surface area (Å²) in [7, 11) is 0. The summed E-state index contributed by atoms with van der Waals surface area (Å²) in [6.07, 6.45) is 11.3. The molecule has 2 nitrogen and oxygen atoms in total. The Bertz CT molecular complexity index is 343. The lowest BCUT2D eigenvalue weighted by molar-refractivity contribution is 0.289. The van der Waals surface area contributed by atoms with Gasteiger partial charge in [0.05, 0.1) is 17.0 Å². The van der Waals surface area contributed by atoms with Gasteiger partial charge < -0.3 is 0 Å². The monoisotopic (exact) mass is 234 g/mol. The fourth-order valence-electron chi connectivity index (χ4n) is 2.57. The lowest BCUT2D eigenvalue weighted by atomic mass is 9.75. The molecule has 0 unspecified atom stereocenters. The van der Waals surface area contributed by atoms with Crippen molar-refractivity contribution >= 4 is 11.3 Å². The summed E-state index contributed by atoms with van der Waals surface area (Å²) in [5.74, 6) is 0. The third-order valence-electron chi connectivity index (χ3n) is 3.54. The average molecular weight is 234 g/mol. The Labute approximate surface area is 101 Å². The third-order valence-corrected chi connectivity index (χ3v) is 4.32. The summed E-state index contributed by atoms with van der Waals surface area (Å²) in [5.41, 5.74) is 1.76. The Morgan fingerprint density at radius 2 is 1.94 bits per heavy atom. The van der Waals surface area contributed by atoms with Crippen LogP contribution < -0.4 is 0 Å². The van der Waals surface area contributed by atoms with Crippen LogP contribution in [0.2, 0.25) is 0 Å². The van der Waals surface area contributed by atoms with Gasteiger partial charge in [0.1, 0.15) is 0 Å². The number of rotatable bonds is 2. The maximum absolute atomic E-state index is 9.49. The number of hydrogen-bond acceptors (Lipinski definition) is 3. The SMILES string of the molecule is N#CC1(Cc2cncs2)CCCCCCC1. The van der Waals surface area contributed by atoms with E-state index in [0.29, 0.717) is 0 Å². The van der Waals surface area contributed by atoms with E-state index in [4.69, 9.17) is 0 Å². The quantitative estimate of drug-likeness (QED) is 0.777. The summed E-state index contributed by atoms with van der Waals surface area (Å²) in [6.45, 7) is 0. The number of aromatic nitrogens is 1. The average Bonchev–Trinajstić information content (AvgIpc) is 2.75. The highest BCUT2D eigenvalue weighted by molar-refractivity contribution is 7.09. The van der Waals surface area contributed by atoms with Crippen molar-refractivity contribution in [3.63, 3.8) is 0 Å². The summed E-state index contributed by atoms with van der Waals surface area (Å²) < 4.78 is 0. The van der Waals surface area contributed by atoms with Crippen molar-refractivity contribution in [1.29, 1.82) is 5.26 Å². The van der Waals surface area contributed by atoms with Crippen molar-refractivity contribution < 1.29 is 0 Å². The molecule has 0 aliphatic heterocycles. The number of thiazole rings is 1. The predicted molar refractivity (Wildman–Crippen MR) is 66.2 cm³/mol. The standard InChI is InChI=1S/C13H18N2S/c14-10-13(8-12-9-15-11-16-12)6-4-2-1-3-5-7-13/h9,11H,1-8H2. The molecule has 0 bridgehead atoms. The van der Waals surface area contributed by atoms with Crippen LogP contribution >= 0.6 is 11.3 Å². The predicted octanol–water partition coefficient (Wildman–Crippen LogP) is 3.94. The molecule has 86 valence electrons. The van der Waals surface area contributed by atoms with Crippen LogP contribution in [0.3, 0.4) is 0 Å².